The van der Waals surface area contributed by atoms with Gasteiger partial charge in [0.05, 0.1) is 23.8 Å². The minimum Gasteiger partial charge on any atom is -0.341 e. The van der Waals surface area contributed by atoms with E-state index in [4.69, 9.17) is 0 Å². The van der Waals surface area contributed by atoms with Crippen LogP contribution in [-0.4, -0.2) is 31.5 Å². The Hall–Kier alpha value is -2.29. The number of halogens is 2. The van der Waals surface area contributed by atoms with Gasteiger partial charge in [-0.3, -0.25) is 4.72 Å². The van der Waals surface area contributed by atoms with Gasteiger partial charge in [-0.15, -0.1) is 0 Å². The van der Waals surface area contributed by atoms with Crippen molar-refractivity contribution in [2.45, 2.75) is 18.6 Å². The number of aromatic nitrogens is 2. The highest BCUT2D eigenvalue weighted by Crippen LogP contribution is 2.18. The van der Waals surface area contributed by atoms with Gasteiger partial charge in [-0.2, -0.15) is 0 Å². The lowest BCUT2D eigenvalue weighted by molar-refractivity contribution is 0.581. The van der Waals surface area contributed by atoms with E-state index in [9.17, 15) is 17.2 Å². The molecule has 0 aliphatic carbocycles. The summed E-state index contributed by atoms with van der Waals surface area (Å²) < 4.78 is 53.2. The van der Waals surface area contributed by atoms with Crippen LogP contribution in [0.3, 0.4) is 0 Å². The Morgan fingerprint density at radius 1 is 1.12 bits per heavy atom. The van der Waals surface area contributed by atoms with Crippen LogP contribution in [0.1, 0.15) is 18.4 Å². The van der Waals surface area contributed by atoms with Crippen LogP contribution in [0.25, 0.3) is 0 Å². The van der Waals surface area contributed by atoms with Gasteiger partial charge in [0.2, 0.25) is 16.0 Å². The van der Waals surface area contributed by atoms with Crippen LogP contribution < -0.4 is 9.62 Å². The van der Waals surface area contributed by atoms with E-state index in [0.29, 0.717) is 5.95 Å². The second-order valence-corrected chi connectivity index (χ2v) is 7.29. The Morgan fingerprint density at radius 2 is 1.79 bits per heavy atom. The SMILES string of the molecule is O=S(=O)(Cc1cc(F)ccc1F)Nc1cnc(N2CCCC2)nc1. The Balaban J connectivity index is 1.70. The topological polar surface area (TPSA) is 75.2 Å². The van der Waals surface area contributed by atoms with Gasteiger partial charge in [-0.25, -0.2) is 27.2 Å². The third kappa shape index (κ3) is 3.97. The first-order valence-electron chi connectivity index (χ1n) is 7.44. The zero-order chi connectivity index (χ0) is 17.2. The number of hydrogen-bond acceptors (Lipinski definition) is 5. The van der Waals surface area contributed by atoms with Crippen LogP contribution in [0.15, 0.2) is 30.6 Å². The highest BCUT2D eigenvalue weighted by Gasteiger charge is 2.18. The molecule has 1 aromatic heterocycles. The molecule has 0 saturated carbocycles. The summed E-state index contributed by atoms with van der Waals surface area (Å²) in [6.45, 7) is 1.76. The largest absolute Gasteiger partial charge is 0.341 e. The van der Waals surface area contributed by atoms with Crippen LogP contribution in [-0.2, 0) is 15.8 Å². The molecule has 0 bridgehead atoms. The lowest BCUT2D eigenvalue weighted by Gasteiger charge is -2.15. The fourth-order valence-corrected chi connectivity index (χ4v) is 3.70. The van der Waals surface area contributed by atoms with E-state index in [2.05, 4.69) is 14.7 Å². The van der Waals surface area contributed by atoms with Crippen molar-refractivity contribution in [1.82, 2.24) is 9.97 Å². The first-order chi connectivity index (χ1) is 11.4. The number of anilines is 2. The molecule has 2 heterocycles. The van der Waals surface area contributed by atoms with Crippen molar-refractivity contribution in [3.8, 4) is 0 Å². The first-order valence-corrected chi connectivity index (χ1v) is 9.09. The second kappa shape index (κ2) is 6.68. The number of hydrogen-bond donors (Lipinski definition) is 1. The van der Waals surface area contributed by atoms with Gasteiger partial charge >= 0.3 is 0 Å². The van der Waals surface area contributed by atoms with Crippen molar-refractivity contribution in [2.75, 3.05) is 22.7 Å². The van der Waals surface area contributed by atoms with Crippen molar-refractivity contribution in [3.05, 3.63) is 47.8 Å². The summed E-state index contributed by atoms with van der Waals surface area (Å²) in [4.78, 5) is 10.3. The fraction of sp³-hybridized carbons (Fsp3) is 0.333. The number of rotatable bonds is 5. The van der Waals surface area contributed by atoms with Gasteiger partial charge < -0.3 is 4.90 Å². The molecule has 1 aliphatic rings. The molecular formula is C15H16F2N4O2S. The molecule has 0 unspecified atom stereocenters. The highest BCUT2D eigenvalue weighted by atomic mass is 32.2. The molecule has 9 heteroatoms. The third-order valence-electron chi connectivity index (χ3n) is 3.65. The summed E-state index contributed by atoms with van der Waals surface area (Å²) in [5.41, 5.74) is -0.0631. The quantitative estimate of drug-likeness (QED) is 0.892. The van der Waals surface area contributed by atoms with E-state index in [1.165, 1.54) is 12.4 Å². The fourth-order valence-electron chi connectivity index (χ4n) is 2.53. The van der Waals surface area contributed by atoms with Crippen molar-refractivity contribution < 1.29 is 17.2 Å². The van der Waals surface area contributed by atoms with Crippen molar-refractivity contribution in [1.29, 1.82) is 0 Å². The van der Waals surface area contributed by atoms with E-state index in [0.717, 1.165) is 44.1 Å². The molecule has 0 radical (unpaired) electrons. The molecule has 1 N–H and O–H groups in total. The van der Waals surface area contributed by atoms with Crippen molar-refractivity contribution in [3.63, 3.8) is 0 Å². The van der Waals surface area contributed by atoms with Gasteiger partial charge in [-0.05, 0) is 31.0 Å². The first kappa shape index (κ1) is 16.6. The monoisotopic (exact) mass is 354 g/mol. The number of sulfonamides is 1. The van der Waals surface area contributed by atoms with Crippen molar-refractivity contribution in [2.24, 2.45) is 0 Å². The standard InChI is InChI=1S/C15H16F2N4O2S/c16-12-3-4-14(17)11(7-12)10-24(22,23)20-13-8-18-15(19-9-13)21-5-1-2-6-21/h3-4,7-9,20H,1-2,5-6,10H2. The minimum absolute atomic E-state index is 0.176. The Kier molecular flexibility index (Phi) is 4.61. The Morgan fingerprint density at radius 3 is 2.46 bits per heavy atom. The van der Waals surface area contributed by atoms with Gasteiger partial charge in [-0.1, -0.05) is 0 Å². The predicted octanol–water partition coefficient (Wildman–Crippen LogP) is 2.30. The molecule has 3 rings (SSSR count). The van der Waals surface area contributed by atoms with Gasteiger partial charge in [0.15, 0.2) is 0 Å². The van der Waals surface area contributed by atoms with Gasteiger partial charge in [0.1, 0.15) is 11.6 Å². The summed E-state index contributed by atoms with van der Waals surface area (Å²) in [5, 5.41) is 0. The second-order valence-electron chi connectivity index (χ2n) is 5.56. The molecule has 0 amide bonds. The predicted molar refractivity (Wildman–Crippen MR) is 86.1 cm³/mol. The number of nitrogens with zero attached hydrogens (tertiary/aromatic N) is 3. The Bertz CT molecular complexity index is 822. The molecule has 2 aromatic rings. The van der Waals surface area contributed by atoms with E-state index in [1.54, 1.807) is 0 Å². The molecule has 24 heavy (non-hydrogen) atoms. The molecular weight excluding hydrogens is 338 g/mol. The van der Waals surface area contributed by atoms with E-state index >= 15 is 0 Å². The molecule has 0 atom stereocenters. The lowest BCUT2D eigenvalue weighted by Crippen LogP contribution is -2.21. The zero-order valence-electron chi connectivity index (χ0n) is 12.7. The molecule has 6 nitrogen and oxygen atoms in total. The summed E-state index contributed by atoms with van der Waals surface area (Å²) in [7, 11) is -3.91. The Labute approximate surface area is 138 Å². The smallest absolute Gasteiger partial charge is 0.237 e. The molecule has 1 aliphatic heterocycles. The highest BCUT2D eigenvalue weighted by molar-refractivity contribution is 7.91. The van der Waals surface area contributed by atoms with E-state index < -0.39 is 27.4 Å². The van der Waals surface area contributed by atoms with Gasteiger partial charge in [0.25, 0.3) is 0 Å². The van der Waals surface area contributed by atoms with Crippen LogP contribution in [0, 0.1) is 11.6 Å². The van der Waals surface area contributed by atoms with Crippen LogP contribution in [0.2, 0.25) is 0 Å². The van der Waals surface area contributed by atoms with Crippen LogP contribution >= 0.6 is 0 Å². The average Bonchev–Trinajstić information content (AvgIpc) is 3.05. The maximum Gasteiger partial charge on any atom is 0.237 e. The van der Waals surface area contributed by atoms with E-state index in [1.807, 2.05) is 4.90 Å². The maximum atomic E-state index is 13.6. The summed E-state index contributed by atoms with van der Waals surface area (Å²) in [6.07, 6.45) is 4.88. The van der Waals surface area contributed by atoms with Crippen LogP contribution in [0.4, 0.5) is 20.4 Å². The van der Waals surface area contributed by atoms with Gasteiger partial charge in [0, 0.05) is 18.7 Å². The molecule has 1 saturated heterocycles. The van der Waals surface area contributed by atoms with Crippen LogP contribution in [0.5, 0.6) is 0 Å². The zero-order valence-corrected chi connectivity index (χ0v) is 13.6. The maximum absolute atomic E-state index is 13.6. The average molecular weight is 354 g/mol. The summed E-state index contributed by atoms with van der Waals surface area (Å²) >= 11 is 0. The number of benzene rings is 1. The molecule has 128 valence electrons. The minimum atomic E-state index is -3.91. The third-order valence-corrected chi connectivity index (χ3v) is 4.89. The van der Waals surface area contributed by atoms with Crippen molar-refractivity contribution >= 4 is 21.7 Å². The van der Waals surface area contributed by atoms with E-state index in [-0.39, 0.29) is 11.3 Å². The normalized spacial score (nSPS) is 14.8. The summed E-state index contributed by atoms with van der Waals surface area (Å²) in [5.74, 6) is -1.60. The summed E-state index contributed by atoms with van der Waals surface area (Å²) in [6, 6.07) is 2.69. The molecule has 1 fully saturated rings. The number of nitrogens with one attached hydrogen (secondary N) is 1. The molecule has 1 aromatic carbocycles. The lowest BCUT2D eigenvalue weighted by atomic mass is 10.2. The molecule has 0 spiro atoms.